The number of hydrogen-bond acceptors (Lipinski definition) is 5. The predicted octanol–water partition coefficient (Wildman–Crippen LogP) is 0.233. The number of ether oxygens (including phenoxy) is 2. The maximum Gasteiger partial charge on any atom is 0.323 e. The molecule has 1 aliphatic heterocycles. The summed E-state index contributed by atoms with van der Waals surface area (Å²) in [7, 11) is 0. The Hall–Kier alpha value is -1.10. The molecule has 86 valence electrons. The van der Waals surface area contributed by atoms with E-state index in [-0.39, 0.29) is 24.0 Å². The van der Waals surface area contributed by atoms with E-state index in [2.05, 4.69) is 5.32 Å². The van der Waals surface area contributed by atoms with Crippen LogP contribution in [0.15, 0.2) is 0 Å². The van der Waals surface area contributed by atoms with Gasteiger partial charge in [-0.3, -0.25) is 14.9 Å². The minimum absolute atomic E-state index is 0.288. The van der Waals surface area contributed by atoms with E-state index in [0.29, 0.717) is 26.1 Å². The van der Waals surface area contributed by atoms with Crippen molar-refractivity contribution in [2.75, 3.05) is 13.2 Å². The summed E-state index contributed by atoms with van der Waals surface area (Å²) >= 11 is 0. The largest absolute Gasteiger partial charge is 0.465 e. The van der Waals surface area contributed by atoms with Gasteiger partial charge >= 0.3 is 11.9 Å². The summed E-state index contributed by atoms with van der Waals surface area (Å²) in [4.78, 5) is 22.7. The van der Waals surface area contributed by atoms with Gasteiger partial charge in [-0.15, -0.1) is 0 Å². The topological polar surface area (TPSA) is 64.6 Å². The smallest absolute Gasteiger partial charge is 0.323 e. The third kappa shape index (κ3) is 3.20. The van der Waals surface area contributed by atoms with Crippen LogP contribution < -0.4 is 5.32 Å². The molecular weight excluding hydrogens is 198 g/mol. The molecule has 0 aromatic rings. The molecular formula is C10H17NO4. The zero-order chi connectivity index (χ0) is 11.3. The Balaban J connectivity index is 2.38. The summed E-state index contributed by atoms with van der Waals surface area (Å²) in [6.07, 6.45) is 1.25. The number of carbonyl (C=O) groups excluding carboxylic acids is 2. The van der Waals surface area contributed by atoms with Crippen LogP contribution in [-0.2, 0) is 19.1 Å². The molecule has 1 aliphatic rings. The standard InChI is InChI=1S/C10H17NO4/c1-3-14-9(12)7-5-6-8(11-7)10(13)15-4-2/h7-8,11H,3-6H2,1-2H3/t7-,8?/m0/s1. The highest BCUT2D eigenvalue weighted by Crippen LogP contribution is 2.14. The van der Waals surface area contributed by atoms with Crippen molar-refractivity contribution >= 4 is 11.9 Å². The second-order valence-electron chi connectivity index (χ2n) is 3.35. The lowest BCUT2D eigenvalue weighted by Gasteiger charge is -2.12. The Morgan fingerprint density at radius 3 is 1.80 bits per heavy atom. The zero-order valence-electron chi connectivity index (χ0n) is 9.12. The lowest BCUT2D eigenvalue weighted by molar-refractivity contribution is -0.146. The van der Waals surface area contributed by atoms with Gasteiger partial charge in [-0.25, -0.2) is 0 Å². The SMILES string of the molecule is CCOC(=O)C1CC[C@@H](C(=O)OCC)N1. The number of carbonyl (C=O) groups is 2. The minimum atomic E-state index is -0.362. The summed E-state index contributed by atoms with van der Waals surface area (Å²) in [5.41, 5.74) is 0. The first-order valence-corrected chi connectivity index (χ1v) is 5.28. The first kappa shape index (κ1) is 12.0. The number of rotatable bonds is 4. The summed E-state index contributed by atoms with van der Waals surface area (Å²) in [6, 6.07) is -0.723. The quantitative estimate of drug-likeness (QED) is 0.680. The fraction of sp³-hybridized carbons (Fsp3) is 0.800. The molecule has 1 saturated heterocycles. The van der Waals surface area contributed by atoms with E-state index in [1.165, 1.54) is 0 Å². The Bertz CT molecular complexity index is 218. The lowest BCUT2D eigenvalue weighted by atomic mass is 10.2. The van der Waals surface area contributed by atoms with Crippen LogP contribution in [0.25, 0.3) is 0 Å². The molecule has 1 unspecified atom stereocenters. The van der Waals surface area contributed by atoms with Crippen LogP contribution in [0.5, 0.6) is 0 Å². The molecule has 0 aliphatic carbocycles. The predicted molar refractivity (Wildman–Crippen MR) is 53.2 cm³/mol. The van der Waals surface area contributed by atoms with E-state index in [0.717, 1.165) is 0 Å². The van der Waals surface area contributed by atoms with Gasteiger partial charge in [0.25, 0.3) is 0 Å². The van der Waals surface area contributed by atoms with Gasteiger partial charge in [0.2, 0.25) is 0 Å². The van der Waals surface area contributed by atoms with Crippen molar-refractivity contribution < 1.29 is 19.1 Å². The average Bonchev–Trinajstić information content (AvgIpc) is 2.67. The van der Waals surface area contributed by atoms with Crippen molar-refractivity contribution in [2.24, 2.45) is 0 Å². The van der Waals surface area contributed by atoms with E-state index in [4.69, 9.17) is 9.47 Å². The molecule has 0 bridgehead atoms. The van der Waals surface area contributed by atoms with Crippen LogP contribution in [0.1, 0.15) is 26.7 Å². The molecule has 0 spiro atoms. The van der Waals surface area contributed by atoms with Gasteiger partial charge in [0.05, 0.1) is 13.2 Å². The van der Waals surface area contributed by atoms with Gasteiger partial charge in [-0.05, 0) is 26.7 Å². The molecule has 5 nitrogen and oxygen atoms in total. The molecule has 0 saturated carbocycles. The van der Waals surface area contributed by atoms with Crippen molar-refractivity contribution in [3.63, 3.8) is 0 Å². The van der Waals surface area contributed by atoms with Crippen molar-refractivity contribution in [3.05, 3.63) is 0 Å². The fourth-order valence-electron chi connectivity index (χ4n) is 1.60. The maximum absolute atomic E-state index is 11.3. The van der Waals surface area contributed by atoms with Crippen molar-refractivity contribution in [2.45, 2.75) is 38.8 Å². The summed E-state index contributed by atoms with van der Waals surface area (Å²) in [6.45, 7) is 4.24. The van der Waals surface area contributed by atoms with Crippen molar-refractivity contribution in [1.82, 2.24) is 5.32 Å². The van der Waals surface area contributed by atoms with Crippen LogP contribution in [0.2, 0.25) is 0 Å². The summed E-state index contributed by atoms with van der Waals surface area (Å²) in [5, 5.41) is 2.91. The highest BCUT2D eigenvalue weighted by molar-refractivity contribution is 5.81. The average molecular weight is 215 g/mol. The van der Waals surface area contributed by atoms with Gasteiger partial charge in [0, 0.05) is 0 Å². The monoisotopic (exact) mass is 215 g/mol. The highest BCUT2D eigenvalue weighted by Gasteiger charge is 2.34. The van der Waals surface area contributed by atoms with Crippen LogP contribution in [0.3, 0.4) is 0 Å². The van der Waals surface area contributed by atoms with Crippen LogP contribution in [-0.4, -0.2) is 37.2 Å². The molecule has 0 aromatic carbocycles. The molecule has 5 heteroatoms. The molecule has 1 heterocycles. The number of hydrogen-bond donors (Lipinski definition) is 1. The number of esters is 2. The second-order valence-corrected chi connectivity index (χ2v) is 3.35. The first-order valence-electron chi connectivity index (χ1n) is 5.28. The van der Waals surface area contributed by atoms with Gasteiger partial charge in [-0.2, -0.15) is 0 Å². The van der Waals surface area contributed by atoms with Crippen LogP contribution >= 0.6 is 0 Å². The normalized spacial score (nSPS) is 24.9. The molecule has 15 heavy (non-hydrogen) atoms. The molecule has 1 N–H and O–H groups in total. The molecule has 0 radical (unpaired) electrons. The van der Waals surface area contributed by atoms with Gasteiger partial charge in [0.1, 0.15) is 12.1 Å². The van der Waals surface area contributed by atoms with Crippen molar-refractivity contribution in [3.8, 4) is 0 Å². The summed E-state index contributed by atoms with van der Waals surface area (Å²) < 4.78 is 9.72. The van der Waals surface area contributed by atoms with Crippen LogP contribution in [0, 0.1) is 0 Å². The first-order chi connectivity index (χ1) is 7.19. The van der Waals surface area contributed by atoms with E-state index < -0.39 is 0 Å². The van der Waals surface area contributed by atoms with E-state index in [1.807, 2.05) is 0 Å². The summed E-state index contributed by atoms with van der Waals surface area (Å²) in [5.74, 6) is -0.575. The third-order valence-corrected chi connectivity index (χ3v) is 2.29. The molecule has 1 fully saturated rings. The van der Waals surface area contributed by atoms with Gasteiger partial charge < -0.3 is 9.47 Å². The maximum atomic E-state index is 11.3. The Kier molecular flexibility index (Phi) is 4.55. The van der Waals surface area contributed by atoms with E-state index in [9.17, 15) is 9.59 Å². The van der Waals surface area contributed by atoms with Crippen molar-refractivity contribution in [1.29, 1.82) is 0 Å². The second kappa shape index (κ2) is 5.70. The van der Waals surface area contributed by atoms with Gasteiger partial charge in [-0.1, -0.05) is 0 Å². The van der Waals surface area contributed by atoms with Crippen LogP contribution in [0.4, 0.5) is 0 Å². The molecule has 2 atom stereocenters. The highest BCUT2D eigenvalue weighted by atomic mass is 16.5. The Labute approximate surface area is 89.1 Å². The number of nitrogens with one attached hydrogen (secondary N) is 1. The lowest BCUT2D eigenvalue weighted by Crippen LogP contribution is -2.41. The van der Waals surface area contributed by atoms with Gasteiger partial charge in [0.15, 0.2) is 0 Å². The minimum Gasteiger partial charge on any atom is -0.465 e. The Morgan fingerprint density at radius 2 is 1.47 bits per heavy atom. The molecule has 0 aromatic heterocycles. The zero-order valence-corrected chi connectivity index (χ0v) is 9.12. The fourth-order valence-corrected chi connectivity index (χ4v) is 1.60. The molecule has 0 amide bonds. The Morgan fingerprint density at radius 1 is 1.07 bits per heavy atom. The molecule has 1 rings (SSSR count). The van der Waals surface area contributed by atoms with E-state index >= 15 is 0 Å². The third-order valence-electron chi connectivity index (χ3n) is 2.29. The van der Waals surface area contributed by atoms with E-state index in [1.54, 1.807) is 13.8 Å².